The largest absolute Gasteiger partial charge is 0.326 e. The second-order valence-corrected chi connectivity index (χ2v) is 9.44. The van der Waals surface area contributed by atoms with Gasteiger partial charge in [0, 0.05) is 28.3 Å². The number of carbonyl (C=O) groups is 1. The Bertz CT molecular complexity index is 886. The highest BCUT2D eigenvalue weighted by atomic mass is 79.9. The molecule has 1 atom stereocenters. The maximum absolute atomic E-state index is 12.8. The molecule has 1 amide bonds. The van der Waals surface area contributed by atoms with Crippen molar-refractivity contribution in [2.75, 3.05) is 18.4 Å². The van der Waals surface area contributed by atoms with Gasteiger partial charge in [0.2, 0.25) is 15.9 Å². The van der Waals surface area contributed by atoms with Crippen LogP contribution in [0.1, 0.15) is 12.8 Å². The number of hydrogen-bond acceptors (Lipinski definition) is 3. The molecule has 138 valence electrons. The van der Waals surface area contributed by atoms with Gasteiger partial charge in [-0.25, -0.2) is 8.42 Å². The Balaban J connectivity index is 1.71. The van der Waals surface area contributed by atoms with Crippen molar-refractivity contribution in [3.05, 3.63) is 58.0 Å². The topological polar surface area (TPSA) is 66.5 Å². The third kappa shape index (κ3) is 4.46. The standard InChI is InChI=1S/C18H18BrClN2O3S/c19-14-3-7-16(8-4-14)21-18(23)13-2-1-11-22(12-13)26(24,25)17-9-5-15(20)6-10-17/h3-10,13H,1-2,11-12H2,(H,21,23)/t13-/m1/s1. The fourth-order valence-corrected chi connectivity index (χ4v) is 4.82. The van der Waals surface area contributed by atoms with Crippen molar-refractivity contribution in [1.29, 1.82) is 0 Å². The molecule has 1 heterocycles. The van der Waals surface area contributed by atoms with Crippen LogP contribution in [0.4, 0.5) is 5.69 Å². The van der Waals surface area contributed by atoms with Crippen molar-refractivity contribution in [1.82, 2.24) is 4.31 Å². The average molecular weight is 458 g/mol. The van der Waals surface area contributed by atoms with Crippen molar-refractivity contribution in [2.45, 2.75) is 17.7 Å². The van der Waals surface area contributed by atoms with Crippen LogP contribution in [0.2, 0.25) is 5.02 Å². The maximum Gasteiger partial charge on any atom is 0.243 e. The molecular formula is C18H18BrClN2O3S. The molecule has 5 nitrogen and oxygen atoms in total. The van der Waals surface area contributed by atoms with Gasteiger partial charge in [-0.05, 0) is 61.4 Å². The van der Waals surface area contributed by atoms with Crippen LogP contribution in [-0.4, -0.2) is 31.7 Å². The number of benzene rings is 2. The fraction of sp³-hybridized carbons (Fsp3) is 0.278. The first kappa shape index (κ1) is 19.4. The first-order valence-corrected chi connectivity index (χ1v) is 10.8. The summed E-state index contributed by atoms with van der Waals surface area (Å²) in [5, 5.41) is 3.34. The van der Waals surface area contributed by atoms with Crippen LogP contribution in [0.5, 0.6) is 0 Å². The molecule has 0 saturated carbocycles. The zero-order valence-electron chi connectivity index (χ0n) is 13.9. The zero-order chi connectivity index (χ0) is 18.7. The number of nitrogens with one attached hydrogen (secondary N) is 1. The van der Waals surface area contributed by atoms with E-state index in [0.29, 0.717) is 30.1 Å². The molecule has 1 aliphatic rings. The van der Waals surface area contributed by atoms with Gasteiger partial charge in [0.1, 0.15) is 0 Å². The van der Waals surface area contributed by atoms with Gasteiger partial charge in [0.05, 0.1) is 10.8 Å². The molecule has 0 bridgehead atoms. The Morgan fingerprint density at radius 3 is 2.42 bits per heavy atom. The lowest BCUT2D eigenvalue weighted by Gasteiger charge is -2.31. The maximum atomic E-state index is 12.8. The Kier molecular flexibility index (Phi) is 6.02. The molecule has 26 heavy (non-hydrogen) atoms. The summed E-state index contributed by atoms with van der Waals surface area (Å²) in [6, 6.07) is 13.4. The van der Waals surface area contributed by atoms with Gasteiger partial charge in [-0.3, -0.25) is 4.79 Å². The van der Waals surface area contributed by atoms with Crippen LogP contribution in [0, 0.1) is 5.92 Å². The molecule has 2 aromatic carbocycles. The quantitative estimate of drug-likeness (QED) is 0.750. The predicted molar refractivity (Wildman–Crippen MR) is 106 cm³/mol. The van der Waals surface area contributed by atoms with E-state index in [2.05, 4.69) is 21.2 Å². The van der Waals surface area contributed by atoms with Crippen molar-refractivity contribution >= 4 is 49.1 Å². The minimum Gasteiger partial charge on any atom is -0.326 e. The number of hydrogen-bond donors (Lipinski definition) is 1. The van der Waals surface area contributed by atoms with Gasteiger partial charge in [-0.1, -0.05) is 27.5 Å². The van der Waals surface area contributed by atoms with Crippen LogP contribution >= 0.6 is 27.5 Å². The molecule has 0 unspecified atom stereocenters. The summed E-state index contributed by atoms with van der Waals surface area (Å²) in [6.07, 6.45) is 1.31. The highest BCUT2D eigenvalue weighted by Gasteiger charge is 2.33. The van der Waals surface area contributed by atoms with E-state index < -0.39 is 10.0 Å². The van der Waals surface area contributed by atoms with E-state index >= 15 is 0 Å². The van der Waals surface area contributed by atoms with Crippen molar-refractivity contribution < 1.29 is 13.2 Å². The molecular weight excluding hydrogens is 440 g/mol. The molecule has 2 aromatic rings. The normalized spacial score (nSPS) is 18.5. The van der Waals surface area contributed by atoms with Crippen LogP contribution in [-0.2, 0) is 14.8 Å². The van der Waals surface area contributed by atoms with Gasteiger partial charge in [-0.15, -0.1) is 0 Å². The zero-order valence-corrected chi connectivity index (χ0v) is 17.0. The molecule has 3 rings (SSSR count). The summed E-state index contributed by atoms with van der Waals surface area (Å²) in [5.74, 6) is -0.544. The summed E-state index contributed by atoms with van der Waals surface area (Å²) < 4.78 is 27.9. The molecule has 1 fully saturated rings. The van der Waals surface area contributed by atoms with Crippen molar-refractivity contribution in [2.24, 2.45) is 5.92 Å². The first-order valence-electron chi connectivity index (χ1n) is 8.18. The molecule has 0 spiro atoms. The number of anilines is 1. The highest BCUT2D eigenvalue weighted by Crippen LogP contribution is 2.26. The Labute approximate surface area is 166 Å². The van der Waals surface area contributed by atoms with Gasteiger partial charge in [0.25, 0.3) is 0 Å². The minimum atomic E-state index is -3.64. The Hall–Kier alpha value is -1.41. The van der Waals surface area contributed by atoms with Crippen molar-refractivity contribution in [3.63, 3.8) is 0 Å². The molecule has 0 radical (unpaired) electrons. The van der Waals surface area contributed by atoms with Crippen LogP contribution in [0.15, 0.2) is 57.9 Å². The van der Waals surface area contributed by atoms with Crippen LogP contribution in [0.3, 0.4) is 0 Å². The van der Waals surface area contributed by atoms with E-state index in [-0.39, 0.29) is 23.3 Å². The van der Waals surface area contributed by atoms with Crippen LogP contribution < -0.4 is 5.32 Å². The summed E-state index contributed by atoms with van der Waals surface area (Å²) in [7, 11) is -3.64. The number of piperidine rings is 1. The monoisotopic (exact) mass is 456 g/mol. The third-order valence-corrected chi connectivity index (χ3v) is 6.98. The summed E-state index contributed by atoms with van der Waals surface area (Å²) >= 11 is 9.18. The number of nitrogens with zero attached hydrogens (tertiary/aromatic N) is 1. The first-order chi connectivity index (χ1) is 12.4. The SMILES string of the molecule is O=C(Nc1ccc(Br)cc1)[C@@H]1CCCN(S(=O)(=O)c2ccc(Cl)cc2)C1. The molecule has 0 aliphatic carbocycles. The van der Waals surface area contributed by atoms with E-state index in [1.54, 1.807) is 24.3 Å². The van der Waals surface area contributed by atoms with E-state index in [1.165, 1.54) is 16.4 Å². The lowest BCUT2D eigenvalue weighted by atomic mass is 9.99. The van der Waals surface area contributed by atoms with E-state index in [0.717, 1.165) is 4.47 Å². The molecule has 0 aromatic heterocycles. The van der Waals surface area contributed by atoms with E-state index in [1.807, 2.05) is 12.1 Å². The lowest BCUT2D eigenvalue weighted by Crippen LogP contribution is -2.43. The fourth-order valence-electron chi connectivity index (χ4n) is 2.91. The number of halogens is 2. The lowest BCUT2D eigenvalue weighted by molar-refractivity contribution is -0.120. The molecule has 1 aliphatic heterocycles. The Morgan fingerprint density at radius 1 is 1.12 bits per heavy atom. The van der Waals surface area contributed by atoms with Gasteiger partial charge in [-0.2, -0.15) is 4.31 Å². The second kappa shape index (κ2) is 8.08. The summed E-state index contributed by atoms with van der Waals surface area (Å²) in [5.41, 5.74) is 0.691. The Morgan fingerprint density at radius 2 is 1.77 bits per heavy atom. The number of amides is 1. The van der Waals surface area contributed by atoms with Gasteiger partial charge < -0.3 is 5.32 Å². The highest BCUT2D eigenvalue weighted by molar-refractivity contribution is 9.10. The minimum absolute atomic E-state index is 0.164. The van der Waals surface area contributed by atoms with Gasteiger partial charge >= 0.3 is 0 Å². The molecule has 1 N–H and O–H groups in total. The van der Waals surface area contributed by atoms with E-state index in [9.17, 15) is 13.2 Å². The van der Waals surface area contributed by atoms with Gasteiger partial charge in [0.15, 0.2) is 0 Å². The summed E-state index contributed by atoms with van der Waals surface area (Å²) in [6.45, 7) is 0.584. The number of sulfonamides is 1. The number of rotatable bonds is 4. The van der Waals surface area contributed by atoms with Crippen LogP contribution in [0.25, 0.3) is 0 Å². The third-order valence-electron chi connectivity index (χ3n) is 4.32. The molecule has 8 heteroatoms. The second-order valence-electron chi connectivity index (χ2n) is 6.15. The summed E-state index contributed by atoms with van der Waals surface area (Å²) in [4.78, 5) is 12.7. The van der Waals surface area contributed by atoms with Crippen molar-refractivity contribution in [3.8, 4) is 0 Å². The average Bonchev–Trinajstić information content (AvgIpc) is 2.64. The smallest absolute Gasteiger partial charge is 0.243 e. The predicted octanol–water partition coefficient (Wildman–Crippen LogP) is 4.14. The van der Waals surface area contributed by atoms with E-state index in [4.69, 9.17) is 11.6 Å². The number of carbonyl (C=O) groups excluding carboxylic acids is 1. The molecule has 1 saturated heterocycles.